The molecule has 0 atom stereocenters. The maximum Gasteiger partial charge on any atom is 0.253 e. The third-order valence-corrected chi connectivity index (χ3v) is 5.98. The molecule has 2 aliphatic rings. The van der Waals surface area contributed by atoms with Crippen LogP contribution in [0.5, 0.6) is 11.5 Å². The fraction of sp³-hybridized carbons (Fsp3) is 0.231. The van der Waals surface area contributed by atoms with E-state index in [-0.39, 0.29) is 11.8 Å². The lowest BCUT2D eigenvalue weighted by molar-refractivity contribution is -0.116. The molecule has 0 spiro atoms. The highest BCUT2D eigenvalue weighted by Crippen LogP contribution is 2.44. The average molecular weight is 412 g/mol. The standard InChI is InChI=1S/C26H24N2O3/c29-25(24-20-8-2-4-10-22(20)31-23-11-5-3-9-21(23)24)27-19-14-12-18(13-15-19)26(30)28-16-6-1-7-17-28/h2-5,8-15,24H,1,6-7,16-17H2,(H,27,29). The maximum atomic E-state index is 13.3. The van der Waals surface area contributed by atoms with Crippen molar-refractivity contribution in [1.29, 1.82) is 0 Å². The Morgan fingerprint density at radius 2 is 1.35 bits per heavy atom. The number of carbonyl (C=O) groups is 2. The SMILES string of the molecule is O=C(Nc1ccc(C(=O)N2CCCCC2)cc1)C1c2ccccc2Oc2ccccc21. The summed E-state index contributed by atoms with van der Waals surface area (Å²) in [6.45, 7) is 1.64. The fourth-order valence-corrected chi connectivity index (χ4v) is 4.38. The zero-order valence-corrected chi connectivity index (χ0v) is 17.2. The number of hydrogen-bond donors (Lipinski definition) is 1. The van der Waals surface area contributed by atoms with E-state index in [0.717, 1.165) is 37.1 Å². The van der Waals surface area contributed by atoms with Gasteiger partial charge in [-0.25, -0.2) is 0 Å². The fourth-order valence-electron chi connectivity index (χ4n) is 4.38. The molecule has 31 heavy (non-hydrogen) atoms. The van der Waals surface area contributed by atoms with Crippen LogP contribution in [0.15, 0.2) is 72.8 Å². The summed E-state index contributed by atoms with van der Waals surface area (Å²) in [5.74, 6) is 0.867. The number of rotatable bonds is 3. The molecule has 3 aromatic carbocycles. The van der Waals surface area contributed by atoms with E-state index in [2.05, 4.69) is 5.32 Å². The Morgan fingerprint density at radius 1 is 0.774 bits per heavy atom. The van der Waals surface area contributed by atoms with Gasteiger partial charge in [-0.15, -0.1) is 0 Å². The van der Waals surface area contributed by atoms with E-state index in [1.54, 1.807) is 24.3 Å². The van der Waals surface area contributed by atoms with Gasteiger partial charge in [-0.3, -0.25) is 9.59 Å². The second-order valence-corrected chi connectivity index (χ2v) is 8.03. The zero-order valence-electron chi connectivity index (χ0n) is 17.2. The van der Waals surface area contributed by atoms with Crippen LogP contribution in [0.4, 0.5) is 5.69 Å². The molecule has 5 rings (SSSR count). The lowest BCUT2D eigenvalue weighted by Crippen LogP contribution is -2.35. The molecule has 1 saturated heterocycles. The molecular formula is C26H24N2O3. The van der Waals surface area contributed by atoms with Crippen molar-refractivity contribution in [2.45, 2.75) is 25.2 Å². The maximum absolute atomic E-state index is 13.3. The predicted octanol–water partition coefficient (Wildman–Crippen LogP) is 5.19. The number of benzene rings is 3. The highest BCUT2D eigenvalue weighted by Gasteiger charge is 2.32. The molecule has 0 aromatic heterocycles. The summed E-state index contributed by atoms with van der Waals surface area (Å²) >= 11 is 0. The second kappa shape index (κ2) is 8.26. The first-order valence-corrected chi connectivity index (χ1v) is 10.8. The van der Waals surface area contributed by atoms with E-state index < -0.39 is 5.92 Å². The number of carbonyl (C=O) groups excluding carboxylic acids is 2. The molecule has 3 aromatic rings. The molecule has 2 heterocycles. The number of para-hydroxylation sites is 2. The van der Waals surface area contributed by atoms with Gasteiger partial charge < -0.3 is 15.0 Å². The van der Waals surface area contributed by atoms with Gasteiger partial charge in [0, 0.05) is 35.5 Å². The Bertz CT molecular complexity index is 1070. The van der Waals surface area contributed by atoms with Crippen LogP contribution < -0.4 is 10.1 Å². The minimum absolute atomic E-state index is 0.0601. The van der Waals surface area contributed by atoms with Crippen molar-refractivity contribution in [1.82, 2.24) is 4.90 Å². The molecule has 0 radical (unpaired) electrons. The number of fused-ring (bicyclic) bond motifs is 2. The Kier molecular flexibility index (Phi) is 5.16. The van der Waals surface area contributed by atoms with Crippen molar-refractivity contribution in [3.8, 4) is 11.5 Å². The molecule has 5 heteroatoms. The number of likely N-dealkylation sites (tertiary alicyclic amines) is 1. The van der Waals surface area contributed by atoms with Gasteiger partial charge in [-0.1, -0.05) is 36.4 Å². The third-order valence-electron chi connectivity index (χ3n) is 5.98. The number of nitrogens with one attached hydrogen (secondary N) is 1. The van der Waals surface area contributed by atoms with E-state index in [0.29, 0.717) is 22.7 Å². The molecular weight excluding hydrogens is 388 g/mol. The Labute approximate surface area is 181 Å². The normalized spacial score (nSPS) is 15.4. The number of hydrogen-bond acceptors (Lipinski definition) is 3. The van der Waals surface area contributed by atoms with Crippen LogP contribution in [0.3, 0.4) is 0 Å². The van der Waals surface area contributed by atoms with Gasteiger partial charge in [0.25, 0.3) is 5.91 Å². The molecule has 0 unspecified atom stereocenters. The Balaban J connectivity index is 1.36. The second-order valence-electron chi connectivity index (χ2n) is 8.03. The Hall–Kier alpha value is -3.60. The van der Waals surface area contributed by atoms with Crippen molar-refractivity contribution in [3.05, 3.63) is 89.5 Å². The summed E-state index contributed by atoms with van der Waals surface area (Å²) in [5.41, 5.74) is 3.01. The highest BCUT2D eigenvalue weighted by atomic mass is 16.5. The van der Waals surface area contributed by atoms with Crippen LogP contribution in [-0.4, -0.2) is 29.8 Å². The summed E-state index contributed by atoms with van der Waals surface area (Å²) < 4.78 is 5.99. The van der Waals surface area contributed by atoms with Crippen molar-refractivity contribution < 1.29 is 14.3 Å². The van der Waals surface area contributed by atoms with Crippen LogP contribution in [0, 0.1) is 0 Å². The summed E-state index contributed by atoms with van der Waals surface area (Å²) in [6.07, 6.45) is 3.31. The smallest absolute Gasteiger partial charge is 0.253 e. The summed E-state index contributed by atoms with van der Waals surface area (Å²) in [7, 11) is 0. The van der Waals surface area contributed by atoms with Crippen molar-refractivity contribution in [2.75, 3.05) is 18.4 Å². The van der Waals surface area contributed by atoms with Crippen LogP contribution >= 0.6 is 0 Å². The van der Waals surface area contributed by atoms with E-state index >= 15 is 0 Å². The summed E-state index contributed by atoms with van der Waals surface area (Å²) in [6, 6.07) is 22.4. The average Bonchev–Trinajstić information content (AvgIpc) is 2.83. The number of anilines is 1. The van der Waals surface area contributed by atoms with Gasteiger partial charge in [0.2, 0.25) is 5.91 Å². The largest absolute Gasteiger partial charge is 0.457 e. The lowest BCUT2D eigenvalue weighted by Gasteiger charge is -2.27. The minimum Gasteiger partial charge on any atom is -0.457 e. The summed E-state index contributed by atoms with van der Waals surface area (Å²) in [5, 5.41) is 3.02. The van der Waals surface area contributed by atoms with E-state index in [1.807, 2.05) is 53.4 Å². The van der Waals surface area contributed by atoms with E-state index in [1.165, 1.54) is 6.42 Å². The molecule has 0 aliphatic carbocycles. The van der Waals surface area contributed by atoms with Crippen molar-refractivity contribution >= 4 is 17.5 Å². The van der Waals surface area contributed by atoms with Crippen LogP contribution in [-0.2, 0) is 4.79 Å². The van der Waals surface area contributed by atoms with Gasteiger partial charge in [-0.05, 0) is 55.7 Å². The topological polar surface area (TPSA) is 58.6 Å². The molecule has 0 bridgehead atoms. The van der Waals surface area contributed by atoms with Gasteiger partial charge in [0.1, 0.15) is 11.5 Å². The molecule has 5 nitrogen and oxygen atoms in total. The molecule has 1 N–H and O–H groups in total. The number of ether oxygens (including phenoxy) is 1. The van der Waals surface area contributed by atoms with Crippen molar-refractivity contribution in [3.63, 3.8) is 0 Å². The van der Waals surface area contributed by atoms with Crippen LogP contribution in [0.25, 0.3) is 0 Å². The highest BCUT2D eigenvalue weighted by molar-refractivity contribution is 6.00. The zero-order chi connectivity index (χ0) is 21.2. The van der Waals surface area contributed by atoms with E-state index in [9.17, 15) is 9.59 Å². The molecule has 156 valence electrons. The Morgan fingerprint density at radius 3 is 1.97 bits per heavy atom. The monoisotopic (exact) mass is 412 g/mol. The van der Waals surface area contributed by atoms with Gasteiger partial charge in [-0.2, -0.15) is 0 Å². The van der Waals surface area contributed by atoms with Crippen molar-refractivity contribution in [2.24, 2.45) is 0 Å². The first-order valence-electron chi connectivity index (χ1n) is 10.8. The lowest BCUT2D eigenvalue weighted by atomic mass is 9.87. The molecule has 2 amide bonds. The van der Waals surface area contributed by atoms with Crippen LogP contribution in [0.1, 0.15) is 46.7 Å². The van der Waals surface area contributed by atoms with Gasteiger partial charge in [0.05, 0.1) is 5.92 Å². The quantitative estimate of drug-likeness (QED) is 0.644. The van der Waals surface area contributed by atoms with Crippen LogP contribution in [0.2, 0.25) is 0 Å². The van der Waals surface area contributed by atoms with Gasteiger partial charge >= 0.3 is 0 Å². The number of piperidine rings is 1. The molecule has 0 saturated carbocycles. The minimum atomic E-state index is -0.462. The first-order chi connectivity index (χ1) is 15.2. The molecule has 2 aliphatic heterocycles. The van der Waals surface area contributed by atoms with Gasteiger partial charge in [0.15, 0.2) is 0 Å². The summed E-state index contributed by atoms with van der Waals surface area (Å²) in [4.78, 5) is 27.9. The third kappa shape index (κ3) is 3.79. The van der Waals surface area contributed by atoms with E-state index in [4.69, 9.17) is 4.74 Å². The first kappa shape index (κ1) is 19.4. The predicted molar refractivity (Wildman–Crippen MR) is 120 cm³/mol. The number of nitrogens with zero attached hydrogens (tertiary/aromatic N) is 1. The molecule has 1 fully saturated rings. The number of amides is 2.